The molecule has 3 rings (SSSR count). The minimum atomic E-state index is -0.746. The molecule has 8 heteroatoms. The first-order chi connectivity index (χ1) is 14.8. The van der Waals surface area contributed by atoms with Crippen molar-refractivity contribution in [2.75, 3.05) is 25.5 Å². The Balaban J connectivity index is 1.57. The molecule has 1 saturated carbocycles. The van der Waals surface area contributed by atoms with Crippen molar-refractivity contribution < 1.29 is 23.9 Å². The van der Waals surface area contributed by atoms with E-state index in [0.29, 0.717) is 5.56 Å². The summed E-state index contributed by atoms with van der Waals surface area (Å²) >= 11 is 0. The number of rotatable bonds is 8. The summed E-state index contributed by atoms with van der Waals surface area (Å²) in [6.07, 6.45) is 1.92. The molecule has 1 aliphatic rings. The molecule has 0 spiro atoms. The first-order valence-corrected chi connectivity index (χ1v) is 10.0. The van der Waals surface area contributed by atoms with Gasteiger partial charge in [0, 0.05) is 18.7 Å². The predicted molar refractivity (Wildman–Crippen MR) is 115 cm³/mol. The van der Waals surface area contributed by atoms with Crippen LogP contribution in [-0.2, 0) is 14.3 Å². The van der Waals surface area contributed by atoms with Crippen LogP contribution in [0.15, 0.2) is 48.5 Å². The highest BCUT2D eigenvalue weighted by molar-refractivity contribution is 6.08. The number of nitrogens with zero attached hydrogens (tertiary/aromatic N) is 1. The summed E-state index contributed by atoms with van der Waals surface area (Å²) in [6.45, 7) is 1.27. The zero-order chi connectivity index (χ0) is 22.4. The molecule has 2 aromatic carbocycles. The Morgan fingerprint density at radius 3 is 2.52 bits per heavy atom. The van der Waals surface area contributed by atoms with Crippen LogP contribution >= 0.6 is 0 Å². The number of amides is 3. The van der Waals surface area contributed by atoms with Gasteiger partial charge in [-0.3, -0.25) is 14.4 Å². The fraction of sp³-hybridized carbons (Fsp3) is 0.304. The normalized spacial score (nSPS) is 12.6. The number of carbonyl (C=O) groups excluding carboxylic acids is 4. The first-order valence-electron chi connectivity index (χ1n) is 10.0. The van der Waals surface area contributed by atoms with E-state index in [9.17, 15) is 19.2 Å². The molecule has 0 bridgehead atoms. The van der Waals surface area contributed by atoms with Gasteiger partial charge in [0.1, 0.15) is 0 Å². The number of hydrogen-bond donors (Lipinski definition) is 2. The monoisotopic (exact) mass is 423 g/mol. The van der Waals surface area contributed by atoms with Gasteiger partial charge in [-0.05, 0) is 44.0 Å². The second kappa shape index (κ2) is 9.88. The average Bonchev–Trinajstić information content (AvgIpc) is 3.55. The van der Waals surface area contributed by atoms with Gasteiger partial charge in [-0.15, -0.1) is 0 Å². The zero-order valence-electron chi connectivity index (χ0n) is 17.5. The molecule has 0 aromatic heterocycles. The summed E-state index contributed by atoms with van der Waals surface area (Å²) in [4.78, 5) is 50.2. The van der Waals surface area contributed by atoms with E-state index in [4.69, 9.17) is 4.74 Å². The van der Waals surface area contributed by atoms with Crippen LogP contribution < -0.4 is 10.6 Å². The van der Waals surface area contributed by atoms with Crippen LogP contribution in [0.5, 0.6) is 0 Å². The van der Waals surface area contributed by atoms with E-state index >= 15 is 0 Å². The first kappa shape index (κ1) is 22.0. The summed E-state index contributed by atoms with van der Waals surface area (Å²) in [5.41, 5.74) is 1.81. The molecule has 3 amide bonds. The molecule has 1 fully saturated rings. The van der Waals surface area contributed by atoms with E-state index in [1.165, 1.54) is 18.0 Å². The Hall–Kier alpha value is -3.68. The highest BCUT2D eigenvalue weighted by atomic mass is 16.5. The number of nitrogens with one attached hydrogen (secondary N) is 2. The molecular weight excluding hydrogens is 398 g/mol. The van der Waals surface area contributed by atoms with E-state index in [1.807, 2.05) is 13.0 Å². The quantitative estimate of drug-likeness (QED) is 0.633. The van der Waals surface area contributed by atoms with Crippen LogP contribution in [0.1, 0.15) is 39.1 Å². The number of carbonyl (C=O) groups is 4. The lowest BCUT2D eigenvalue weighted by Crippen LogP contribution is -2.40. The van der Waals surface area contributed by atoms with Crippen LogP contribution in [0.3, 0.4) is 0 Å². The summed E-state index contributed by atoms with van der Waals surface area (Å²) in [6, 6.07) is 13.7. The maximum Gasteiger partial charge on any atom is 0.340 e. The van der Waals surface area contributed by atoms with Crippen molar-refractivity contribution in [2.24, 2.45) is 0 Å². The Bertz CT molecular complexity index is 1000. The Morgan fingerprint density at radius 1 is 1.06 bits per heavy atom. The molecule has 31 heavy (non-hydrogen) atoms. The van der Waals surface area contributed by atoms with E-state index in [2.05, 4.69) is 10.6 Å². The molecule has 2 aromatic rings. The van der Waals surface area contributed by atoms with Crippen molar-refractivity contribution >= 4 is 29.4 Å². The fourth-order valence-corrected chi connectivity index (χ4v) is 2.87. The van der Waals surface area contributed by atoms with Crippen LogP contribution in [0.4, 0.5) is 5.69 Å². The van der Waals surface area contributed by atoms with Crippen molar-refractivity contribution in [1.29, 1.82) is 0 Å². The molecule has 162 valence electrons. The average molecular weight is 423 g/mol. The van der Waals surface area contributed by atoms with E-state index in [0.717, 1.165) is 18.4 Å². The fourth-order valence-electron chi connectivity index (χ4n) is 2.87. The van der Waals surface area contributed by atoms with E-state index in [-0.39, 0.29) is 35.7 Å². The molecule has 8 nitrogen and oxygen atoms in total. The minimum Gasteiger partial charge on any atom is -0.452 e. The standard InChI is InChI=1S/C23H25N3O5/c1-15-6-5-7-16(12-15)22(29)25-19-9-4-3-8-18(19)23(30)31-14-21(28)26(2)13-20(27)24-17-10-11-17/h3-9,12,17H,10-11,13-14H2,1-2H3,(H,24,27)(H,25,29). The van der Waals surface area contributed by atoms with Gasteiger partial charge < -0.3 is 20.3 Å². The third-order valence-electron chi connectivity index (χ3n) is 4.75. The maximum absolute atomic E-state index is 12.5. The number of esters is 1. The number of anilines is 1. The molecule has 0 unspecified atom stereocenters. The Kier molecular flexibility index (Phi) is 7.02. The molecule has 2 N–H and O–H groups in total. The Labute approximate surface area is 180 Å². The number of para-hydroxylation sites is 1. The van der Waals surface area contributed by atoms with Gasteiger partial charge in [0.05, 0.1) is 17.8 Å². The lowest BCUT2D eigenvalue weighted by Gasteiger charge is -2.17. The van der Waals surface area contributed by atoms with Gasteiger partial charge in [-0.2, -0.15) is 0 Å². The number of benzene rings is 2. The van der Waals surface area contributed by atoms with Crippen LogP contribution in [0.2, 0.25) is 0 Å². The minimum absolute atomic E-state index is 0.101. The van der Waals surface area contributed by atoms with E-state index in [1.54, 1.807) is 36.4 Å². The lowest BCUT2D eigenvalue weighted by molar-refractivity contribution is -0.137. The smallest absolute Gasteiger partial charge is 0.340 e. The summed E-state index contributed by atoms with van der Waals surface area (Å²) < 4.78 is 5.12. The number of hydrogen-bond acceptors (Lipinski definition) is 5. The zero-order valence-corrected chi connectivity index (χ0v) is 17.5. The Morgan fingerprint density at radius 2 is 1.81 bits per heavy atom. The third kappa shape index (κ3) is 6.40. The van der Waals surface area contributed by atoms with Gasteiger partial charge in [0.15, 0.2) is 6.61 Å². The number of aryl methyl sites for hydroxylation is 1. The van der Waals surface area contributed by atoms with Crippen molar-refractivity contribution in [3.63, 3.8) is 0 Å². The van der Waals surface area contributed by atoms with Gasteiger partial charge in [0.25, 0.3) is 11.8 Å². The third-order valence-corrected chi connectivity index (χ3v) is 4.75. The van der Waals surface area contributed by atoms with Gasteiger partial charge in [-0.1, -0.05) is 29.8 Å². The highest BCUT2D eigenvalue weighted by Gasteiger charge is 2.24. The molecule has 0 saturated heterocycles. The molecular formula is C23H25N3O5. The highest BCUT2D eigenvalue weighted by Crippen LogP contribution is 2.19. The number of likely N-dealkylation sites (N-methyl/N-ethyl adjacent to an activating group) is 1. The van der Waals surface area contributed by atoms with Gasteiger partial charge in [0.2, 0.25) is 5.91 Å². The maximum atomic E-state index is 12.5. The van der Waals surface area contributed by atoms with Gasteiger partial charge in [-0.25, -0.2) is 4.79 Å². The van der Waals surface area contributed by atoms with Crippen molar-refractivity contribution in [1.82, 2.24) is 10.2 Å². The van der Waals surface area contributed by atoms with Crippen molar-refractivity contribution in [3.8, 4) is 0 Å². The second-order valence-electron chi connectivity index (χ2n) is 7.54. The topological polar surface area (TPSA) is 105 Å². The van der Waals surface area contributed by atoms with Crippen LogP contribution in [0.25, 0.3) is 0 Å². The van der Waals surface area contributed by atoms with E-state index < -0.39 is 18.5 Å². The molecule has 0 aliphatic heterocycles. The van der Waals surface area contributed by atoms with Crippen LogP contribution in [-0.4, -0.2) is 54.8 Å². The molecule has 0 radical (unpaired) electrons. The molecule has 1 aliphatic carbocycles. The second-order valence-corrected chi connectivity index (χ2v) is 7.54. The number of ether oxygens (including phenoxy) is 1. The van der Waals surface area contributed by atoms with Crippen molar-refractivity contribution in [2.45, 2.75) is 25.8 Å². The lowest BCUT2D eigenvalue weighted by atomic mass is 10.1. The summed E-state index contributed by atoms with van der Waals surface area (Å²) in [5, 5.41) is 5.50. The SMILES string of the molecule is Cc1cccc(C(=O)Nc2ccccc2C(=O)OCC(=O)N(C)CC(=O)NC2CC2)c1. The van der Waals surface area contributed by atoms with Gasteiger partial charge >= 0.3 is 5.97 Å². The molecule has 0 atom stereocenters. The predicted octanol–water partition coefficient (Wildman–Crippen LogP) is 2.14. The van der Waals surface area contributed by atoms with Crippen LogP contribution in [0, 0.1) is 6.92 Å². The van der Waals surface area contributed by atoms with Crippen molar-refractivity contribution in [3.05, 3.63) is 65.2 Å². The molecule has 0 heterocycles. The summed E-state index contributed by atoms with van der Waals surface area (Å²) in [5.74, 6) is -1.85. The largest absolute Gasteiger partial charge is 0.452 e. The summed E-state index contributed by atoms with van der Waals surface area (Å²) in [7, 11) is 1.47.